The molecule has 11 heavy (non-hydrogen) atoms. The van der Waals surface area contributed by atoms with E-state index < -0.39 is 0 Å². The minimum absolute atomic E-state index is 0.204. The predicted molar refractivity (Wildman–Crippen MR) is 49.5 cm³/mol. The number of rotatable bonds is 5. The highest BCUT2D eigenvalue weighted by atomic mass is 14.8. The fourth-order valence-electron chi connectivity index (χ4n) is 1.83. The lowest BCUT2D eigenvalue weighted by atomic mass is 9.86. The Morgan fingerprint density at radius 1 is 1.36 bits per heavy atom. The highest BCUT2D eigenvalue weighted by molar-refractivity contribution is 4.97. The molecule has 1 aliphatic carbocycles. The second-order valence-corrected chi connectivity index (χ2v) is 3.96. The molecule has 1 nitrogen and oxygen atoms in total. The lowest BCUT2D eigenvalue weighted by Gasteiger charge is -2.28. The van der Waals surface area contributed by atoms with E-state index in [0.29, 0.717) is 0 Å². The van der Waals surface area contributed by atoms with Crippen molar-refractivity contribution < 1.29 is 0 Å². The van der Waals surface area contributed by atoms with Crippen LogP contribution in [0.4, 0.5) is 0 Å². The van der Waals surface area contributed by atoms with E-state index in [1.54, 1.807) is 0 Å². The van der Waals surface area contributed by atoms with Crippen LogP contribution in [-0.4, -0.2) is 5.54 Å². The Kier molecular flexibility index (Phi) is 2.94. The van der Waals surface area contributed by atoms with Crippen LogP contribution in [-0.2, 0) is 0 Å². The summed E-state index contributed by atoms with van der Waals surface area (Å²) in [6.45, 7) is 4.47. The number of unbranched alkanes of at least 4 members (excludes halogenated alkanes) is 1. The summed E-state index contributed by atoms with van der Waals surface area (Å²) < 4.78 is 0. The zero-order valence-electron chi connectivity index (χ0n) is 7.90. The molecule has 1 heteroatoms. The van der Waals surface area contributed by atoms with Gasteiger partial charge in [-0.05, 0) is 31.6 Å². The van der Waals surface area contributed by atoms with Gasteiger partial charge in [0.1, 0.15) is 0 Å². The summed E-state index contributed by atoms with van der Waals surface area (Å²) in [6.07, 6.45) is 7.76. The Morgan fingerprint density at radius 3 is 2.36 bits per heavy atom. The van der Waals surface area contributed by atoms with E-state index in [2.05, 4.69) is 13.8 Å². The Morgan fingerprint density at radius 2 is 2.00 bits per heavy atom. The zero-order chi connectivity index (χ0) is 8.32. The SMILES string of the molecule is CCCCC(N)(CC)C1CC1. The van der Waals surface area contributed by atoms with Gasteiger partial charge in [-0.15, -0.1) is 0 Å². The molecule has 1 atom stereocenters. The first kappa shape index (κ1) is 9.05. The summed E-state index contributed by atoms with van der Waals surface area (Å²) in [6, 6.07) is 0. The molecule has 1 aliphatic rings. The quantitative estimate of drug-likeness (QED) is 0.649. The van der Waals surface area contributed by atoms with Gasteiger partial charge < -0.3 is 5.73 Å². The molecule has 0 saturated heterocycles. The minimum atomic E-state index is 0.204. The van der Waals surface area contributed by atoms with Crippen LogP contribution in [0.25, 0.3) is 0 Å². The van der Waals surface area contributed by atoms with Gasteiger partial charge in [-0.1, -0.05) is 26.7 Å². The standard InChI is InChI=1S/C10H21N/c1-3-5-8-10(11,4-2)9-6-7-9/h9H,3-8,11H2,1-2H3. The average Bonchev–Trinajstić information content (AvgIpc) is 2.82. The fourth-order valence-corrected chi connectivity index (χ4v) is 1.83. The third kappa shape index (κ3) is 2.19. The largest absolute Gasteiger partial charge is 0.325 e. The Balaban J connectivity index is 2.31. The van der Waals surface area contributed by atoms with Crippen molar-refractivity contribution in [3.8, 4) is 0 Å². The summed E-state index contributed by atoms with van der Waals surface area (Å²) in [4.78, 5) is 0. The molecule has 0 bridgehead atoms. The van der Waals surface area contributed by atoms with E-state index in [1.165, 1.54) is 32.1 Å². The average molecular weight is 155 g/mol. The Labute approximate surface area is 70.4 Å². The molecule has 0 amide bonds. The maximum atomic E-state index is 6.29. The smallest absolute Gasteiger partial charge is 0.0180 e. The van der Waals surface area contributed by atoms with E-state index in [1.807, 2.05) is 0 Å². The van der Waals surface area contributed by atoms with Crippen LogP contribution in [0, 0.1) is 5.92 Å². The molecule has 1 fully saturated rings. The molecule has 2 N–H and O–H groups in total. The molecule has 1 rings (SSSR count). The van der Waals surface area contributed by atoms with Crippen molar-refractivity contribution in [2.24, 2.45) is 11.7 Å². The van der Waals surface area contributed by atoms with Gasteiger partial charge in [-0.3, -0.25) is 0 Å². The lowest BCUT2D eigenvalue weighted by molar-refractivity contribution is 0.322. The Hall–Kier alpha value is -0.0400. The molecule has 0 aromatic rings. The van der Waals surface area contributed by atoms with E-state index in [0.717, 1.165) is 12.3 Å². The number of hydrogen-bond donors (Lipinski definition) is 1. The Bertz CT molecular complexity index is 118. The van der Waals surface area contributed by atoms with Crippen LogP contribution in [0.15, 0.2) is 0 Å². The van der Waals surface area contributed by atoms with Gasteiger partial charge in [-0.25, -0.2) is 0 Å². The van der Waals surface area contributed by atoms with Gasteiger partial charge in [-0.2, -0.15) is 0 Å². The highest BCUT2D eigenvalue weighted by Gasteiger charge is 2.39. The van der Waals surface area contributed by atoms with Crippen LogP contribution in [0.1, 0.15) is 52.4 Å². The molecule has 0 aromatic heterocycles. The summed E-state index contributed by atoms with van der Waals surface area (Å²) >= 11 is 0. The molecule has 0 radical (unpaired) electrons. The van der Waals surface area contributed by atoms with Gasteiger partial charge in [0, 0.05) is 5.54 Å². The summed E-state index contributed by atoms with van der Waals surface area (Å²) in [7, 11) is 0. The van der Waals surface area contributed by atoms with Crippen molar-refractivity contribution >= 4 is 0 Å². The highest BCUT2D eigenvalue weighted by Crippen LogP contribution is 2.42. The number of nitrogens with two attached hydrogens (primary N) is 1. The summed E-state index contributed by atoms with van der Waals surface area (Å²) in [5, 5.41) is 0. The summed E-state index contributed by atoms with van der Waals surface area (Å²) in [5.74, 6) is 0.860. The van der Waals surface area contributed by atoms with Gasteiger partial charge in [0.15, 0.2) is 0 Å². The first-order valence-electron chi connectivity index (χ1n) is 5.02. The molecule has 0 heterocycles. The van der Waals surface area contributed by atoms with E-state index >= 15 is 0 Å². The molecule has 1 unspecified atom stereocenters. The van der Waals surface area contributed by atoms with Crippen molar-refractivity contribution in [3.63, 3.8) is 0 Å². The first-order valence-corrected chi connectivity index (χ1v) is 5.02. The molecular formula is C10H21N. The predicted octanol–water partition coefficient (Wildman–Crippen LogP) is 2.69. The van der Waals surface area contributed by atoms with E-state index in [4.69, 9.17) is 5.73 Å². The van der Waals surface area contributed by atoms with Crippen molar-refractivity contribution in [2.75, 3.05) is 0 Å². The first-order chi connectivity index (χ1) is 5.23. The van der Waals surface area contributed by atoms with Crippen molar-refractivity contribution in [3.05, 3.63) is 0 Å². The normalized spacial score (nSPS) is 23.2. The third-order valence-electron chi connectivity index (χ3n) is 3.04. The van der Waals surface area contributed by atoms with Crippen molar-refractivity contribution in [2.45, 2.75) is 57.9 Å². The molecule has 66 valence electrons. The monoisotopic (exact) mass is 155 g/mol. The topological polar surface area (TPSA) is 26.0 Å². The second kappa shape index (κ2) is 3.57. The molecule has 0 spiro atoms. The van der Waals surface area contributed by atoms with Gasteiger partial charge in [0.05, 0.1) is 0 Å². The van der Waals surface area contributed by atoms with Gasteiger partial charge >= 0.3 is 0 Å². The molecule has 1 saturated carbocycles. The lowest BCUT2D eigenvalue weighted by Crippen LogP contribution is -2.41. The van der Waals surface area contributed by atoms with E-state index in [9.17, 15) is 0 Å². The molecule has 0 aliphatic heterocycles. The second-order valence-electron chi connectivity index (χ2n) is 3.96. The zero-order valence-corrected chi connectivity index (χ0v) is 7.90. The number of hydrogen-bond acceptors (Lipinski definition) is 1. The van der Waals surface area contributed by atoms with Crippen LogP contribution in [0.3, 0.4) is 0 Å². The maximum Gasteiger partial charge on any atom is 0.0180 e. The van der Waals surface area contributed by atoms with Crippen molar-refractivity contribution in [1.82, 2.24) is 0 Å². The fraction of sp³-hybridized carbons (Fsp3) is 1.00. The van der Waals surface area contributed by atoms with Crippen LogP contribution in [0.5, 0.6) is 0 Å². The molecule has 0 aromatic carbocycles. The third-order valence-corrected chi connectivity index (χ3v) is 3.04. The van der Waals surface area contributed by atoms with Gasteiger partial charge in [0.25, 0.3) is 0 Å². The van der Waals surface area contributed by atoms with Gasteiger partial charge in [0.2, 0.25) is 0 Å². The summed E-state index contributed by atoms with van der Waals surface area (Å²) in [5.41, 5.74) is 6.49. The van der Waals surface area contributed by atoms with E-state index in [-0.39, 0.29) is 5.54 Å². The van der Waals surface area contributed by atoms with Crippen LogP contribution < -0.4 is 5.73 Å². The minimum Gasteiger partial charge on any atom is -0.325 e. The maximum absolute atomic E-state index is 6.29. The van der Waals surface area contributed by atoms with Crippen LogP contribution >= 0.6 is 0 Å². The van der Waals surface area contributed by atoms with Crippen molar-refractivity contribution in [1.29, 1.82) is 0 Å². The molecular weight excluding hydrogens is 134 g/mol. The van der Waals surface area contributed by atoms with Crippen LogP contribution in [0.2, 0.25) is 0 Å².